The minimum Gasteiger partial charge on any atom is -0.494 e. The molecule has 2 aromatic rings. The number of nitrogens with one attached hydrogen (secondary N) is 1. The molecule has 2 N–H and O–H groups in total. The van der Waals surface area contributed by atoms with Crippen molar-refractivity contribution in [3.63, 3.8) is 0 Å². The van der Waals surface area contributed by atoms with Crippen molar-refractivity contribution in [3.8, 4) is 5.75 Å². The van der Waals surface area contributed by atoms with Crippen molar-refractivity contribution in [1.29, 1.82) is 0 Å². The molecule has 1 aliphatic carbocycles. The van der Waals surface area contributed by atoms with E-state index in [0.29, 0.717) is 13.2 Å². The molecule has 5 atom stereocenters. The van der Waals surface area contributed by atoms with Crippen molar-refractivity contribution < 1.29 is 19.4 Å². The van der Waals surface area contributed by atoms with Gasteiger partial charge in [0.25, 0.3) is 0 Å². The zero-order valence-corrected chi connectivity index (χ0v) is 20.5. The predicted octanol–water partition coefficient (Wildman–Crippen LogP) is 4.45. The van der Waals surface area contributed by atoms with E-state index in [2.05, 4.69) is 27.8 Å². The van der Waals surface area contributed by atoms with Gasteiger partial charge < -0.3 is 19.9 Å². The highest BCUT2D eigenvalue weighted by atomic mass is 16.5. The summed E-state index contributed by atoms with van der Waals surface area (Å²) < 4.78 is 12.8. The van der Waals surface area contributed by atoms with Crippen LogP contribution in [-0.4, -0.2) is 44.9 Å². The number of hydrogen-bond donors (Lipinski definition) is 2. The number of aliphatic hydroxyl groups is 1. The van der Waals surface area contributed by atoms with Crippen molar-refractivity contribution >= 4 is 11.7 Å². The van der Waals surface area contributed by atoms with Crippen LogP contribution < -0.4 is 10.1 Å². The summed E-state index contributed by atoms with van der Waals surface area (Å²) in [6, 6.07) is 8.00. The summed E-state index contributed by atoms with van der Waals surface area (Å²) in [6.07, 6.45) is 12.9. The number of aromatic nitrogens is 3. The van der Waals surface area contributed by atoms with Gasteiger partial charge in [-0.2, -0.15) is 0 Å². The van der Waals surface area contributed by atoms with Crippen molar-refractivity contribution in [2.24, 2.45) is 11.8 Å². The number of fused-ring (bicyclic) bond motifs is 1. The highest BCUT2D eigenvalue weighted by Gasteiger charge is 2.37. The van der Waals surface area contributed by atoms with Crippen molar-refractivity contribution in [3.05, 3.63) is 60.5 Å². The normalized spacial score (nSPS) is 28.2. The van der Waals surface area contributed by atoms with E-state index >= 15 is 0 Å². The van der Waals surface area contributed by atoms with Crippen LogP contribution in [0.2, 0.25) is 0 Å². The van der Waals surface area contributed by atoms with Crippen molar-refractivity contribution in [2.75, 3.05) is 11.9 Å². The second kappa shape index (κ2) is 12.0. The standard InChI is InChI=1S/C27H36N4O4/c1-3-34-24-11-9-21(10-12-24)28-17-22-18-31(30-29-22)23-15-20-8-6-4-5-7-19(2)35-27(33)14-13-26(32)25(20)16-23/h6,8-14,18-20,23,25-26,28,32H,3-5,7,15-17H2,1-2H3/b8-6+,14-13?. The topological polar surface area (TPSA) is 98.5 Å². The number of cyclic esters (lactones) is 1. The lowest BCUT2D eigenvalue weighted by Gasteiger charge is -2.19. The molecule has 35 heavy (non-hydrogen) atoms. The molecule has 1 aliphatic heterocycles. The Hall–Kier alpha value is -3.13. The summed E-state index contributed by atoms with van der Waals surface area (Å²) in [5.41, 5.74) is 1.85. The molecule has 4 rings (SSSR count). The number of hydrogen-bond acceptors (Lipinski definition) is 7. The Morgan fingerprint density at radius 2 is 2.06 bits per heavy atom. The van der Waals surface area contributed by atoms with E-state index < -0.39 is 12.1 Å². The Balaban J connectivity index is 1.39. The lowest BCUT2D eigenvalue weighted by Crippen LogP contribution is -2.22. The van der Waals surface area contributed by atoms with Gasteiger partial charge in [-0.3, -0.25) is 0 Å². The van der Waals surface area contributed by atoms with Crippen LogP contribution >= 0.6 is 0 Å². The summed E-state index contributed by atoms with van der Waals surface area (Å²) in [4.78, 5) is 12.1. The van der Waals surface area contributed by atoms with Crippen LogP contribution in [0.5, 0.6) is 5.75 Å². The van der Waals surface area contributed by atoms with Gasteiger partial charge in [-0.05, 0) is 88.1 Å². The summed E-state index contributed by atoms with van der Waals surface area (Å²) in [5.74, 6) is 0.677. The highest BCUT2D eigenvalue weighted by molar-refractivity contribution is 5.82. The number of ether oxygens (including phenoxy) is 2. The van der Waals surface area contributed by atoms with E-state index in [0.717, 1.165) is 49.2 Å². The molecule has 0 bridgehead atoms. The van der Waals surface area contributed by atoms with Gasteiger partial charge in [0, 0.05) is 11.8 Å². The lowest BCUT2D eigenvalue weighted by molar-refractivity contribution is -0.142. The first-order chi connectivity index (χ1) is 17.0. The Kier molecular flexibility index (Phi) is 8.58. The van der Waals surface area contributed by atoms with Gasteiger partial charge in [0.1, 0.15) is 11.4 Å². The molecule has 1 aromatic heterocycles. The molecule has 5 unspecified atom stereocenters. The second-order valence-electron chi connectivity index (χ2n) is 9.41. The number of anilines is 1. The third-order valence-electron chi connectivity index (χ3n) is 6.76. The molecule has 0 saturated heterocycles. The summed E-state index contributed by atoms with van der Waals surface area (Å²) in [6.45, 7) is 5.09. The van der Waals surface area contributed by atoms with E-state index in [9.17, 15) is 9.90 Å². The molecule has 8 nitrogen and oxygen atoms in total. The van der Waals surface area contributed by atoms with Gasteiger partial charge >= 0.3 is 5.97 Å². The molecule has 2 aliphatic rings. The molecule has 1 aromatic carbocycles. The van der Waals surface area contributed by atoms with Crippen LogP contribution in [0, 0.1) is 11.8 Å². The van der Waals surface area contributed by atoms with Gasteiger partial charge in [-0.15, -0.1) is 5.10 Å². The first-order valence-corrected chi connectivity index (χ1v) is 12.6. The number of benzene rings is 1. The van der Waals surface area contributed by atoms with Crippen LogP contribution in [0.25, 0.3) is 0 Å². The van der Waals surface area contributed by atoms with Gasteiger partial charge in [-0.25, -0.2) is 9.48 Å². The van der Waals surface area contributed by atoms with E-state index in [1.54, 1.807) is 6.08 Å². The van der Waals surface area contributed by atoms with Gasteiger partial charge in [0.2, 0.25) is 0 Å². The van der Waals surface area contributed by atoms with Crippen molar-refractivity contribution in [2.45, 2.75) is 70.7 Å². The van der Waals surface area contributed by atoms with E-state index in [-0.39, 0.29) is 24.0 Å². The maximum Gasteiger partial charge on any atom is 0.330 e. The first kappa shape index (κ1) is 25.0. The third-order valence-corrected chi connectivity index (χ3v) is 6.76. The monoisotopic (exact) mass is 480 g/mol. The maximum absolute atomic E-state index is 12.1. The molecule has 8 heteroatoms. The quantitative estimate of drug-likeness (QED) is 0.466. The van der Waals surface area contributed by atoms with E-state index in [4.69, 9.17) is 9.47 Å². The lowest BCUT2D eigenvalue weighted by atomic mass is 9.90. The van der Waals surface area contributed by atoms with Crippen LogP contribution in [0.1, 0.15) is 57.7 Å². The Labute approximate surface area is 207 Å². The zero-order chi connectivity index (χ0) is 24.6. The van der Waals surface area contributed by atoms with Crippen molar-refractivity contribution in [1.82, 2.24) is 15.0 Å². The molecule has 0 radical (unpaired) electrons. The Morgan fingerprint density at radius 3 is 2.86 bits per heavy atom. The number of rotatable bonds is 6. The average Bonchev–Trinajstić information content (AvgIpc) is 3.49. The minimum atomic E-state index is -0.720. The van der Waals surface area contributed by atoms with E-state index in [1.165, 1.54) is 6.08 Å². The minimum absolute atomic E-state index is 0.00751. The number of allylic oxidation sites excluding steroid dienone is 2. The van der Waals surface area contributed by atoms with Crippen LogP contribution in [0.3, 0.4) is 0 Å². The number of aliphatic hydroxyl groups excluding tert-OH is 1. The molecule has 1 saturated carbocycles. The SMILES string of the molecule is CCOc1ccc(NCc2cn(C3CC4/C=C/CCCC(C)OC(=O)C=CC(O)C4C3)nn2)cc1. The summed E-state index contributed by atoms with van der Waals surface area (Å²) >= 11 is 0. The fraction of sp³-hybridized carbons (Fsp3) is 0.519. The fourth-order valence-corrected chi connectivity index (χ4v) is 4.92. The Bertz CT molecular complexity index is 1020. The smallest absolute Gasteiger partial charge is 0.330 e. The predicted molar refractivity (Wildman–Crippen MR) is 134 cm³/mol. The van der Waals surface area contributed by atoms with Gasteiger partial charge in [0.15, 0.2) is 0 Å². The van der Waals surface area contributed by atoms with Crippen LogP contribution in [0.4, 0.5) is 5.69 Å². The largest absolute Gasteiger partial charge is 0.494 e. The Morgan fingerprint density at radius 1 is 1.23 bits per heavy atom. The maximum atomic E-state index is 12.1. The van der Waals surface area contributed by atoms with Crippen LogP contribution in [-0.2, 0) is 16.1 Å². The third kappa shape index (κ3) is 6.94. The molecule has 0 amide bonds. The average molecular weight is 481 g/mol. The molecular formula is C27H36N4O4. The van der Waals surface area contributed by atoms with Crippen LogP contribution in [0.15, 0.2) is 54.8 Å². The summed E-state index contributed by atoms with van der Waals surface area (Å²) in [7, 11) is 0. The molecule has 1 fully saturated rings. The molecule has 2 heterocycles. The molecular weight excluding hydrogens is 444 g/mol. The molecule has 0 spiro atoms. The van der Waals surface area contributed by atoms with Gasteiger partial charge in [-0.1, -0.05) is 17.4 Å². The zero-order valence-electron chi connectivity index (χ0n) is 20.5. The number of nitrogens with zero attached hydrogens (tertiary/aromatic N) is 3. The van der Waals surface area contributed by atoms with E-state index in [1.807, 2.05) is 49.0 Å². The molecule has 188 valence electrons. The first-order valence-electron chi connectivity index (χ1n) is 12.6. The number of carbonyl (C=O) groups excluding carboxylic acids is 1. The van der Waals surface area contributed by atoms with Gasteiger partial charge in [0.05, 0.1) is 37.6 Å². The number of carbonyl (C=O) groups is 1. The second-order valence-corrected chi connectivity index (χ2v) is 9.41. The number of esters is 1. The summed E-state index contributed by atoms with van der Waals surface area (Å²) in [5, 5.41) is 23.0. The fourth-order valence-electron chi connectivity index (χ4n) is 4.92. The highest BCUT2D eigenvalue weighted by Crippen LogP contribution is 2.42.